The van der Waals surface area contributed by atoms with Crippen LogP contribution in [0.15, 0.2) is 30.3 Å². The molecule has 0 unspecified atom stereocenters. The number of amides is 1. The molecule has 1 saturated heterocycles. The number of carbonyl (C=O) groups is 1. The van der Waals surface area contributed by atoms with Crippen molar-refractivity contribution in [3.8, 4) is 11.8 Å². The number of piperazine rings is 1. The predicted octanol–water partition coefficient (Wildman–Crippen LogP) is 3.54. The minimum absolute atomic E-state index is 0.0678. The summed E-state index contributed by atoms with van der Waals surface area (Å²) in [5, 5.41) is 9.31. The van der Waals surface area contributed by atoms with Crippen LogP contribution in [-0.4, -0.2) is 56.7 Å². The van der Waals surface area contributed by atoms with Gasteiger partial charge in [0.05, 0.1) is 30.9 Å². The van der Waals surface area contributed by atoms with Crippen LogP contribution in [0.2, 0.25) is 0 Å². The molecule has 0 radical (unpaired) electrons. The third-order valence-corrected chi connectivity index (χ3v) is 7.19. The summed E-state index contributed by atoms with van der Waals surface area (Å²) in [4.78, 5) is 20.0. The summed E-state index contributed by atoms with van der Waals surface area (Å²) in [6.45, 7) is 8.92. The highest BCUT2D eigenvalue weighted by atomic mass is 16.5. The number of likely N-dealkylation sites (N-methyl/N-ethyl adjacent to an activating group) is 1. The van der Waals surface area contributed by atoms with Crippen LogP contribution in [0.25, 0.3) is 0 Å². The van der Waals surface area contributed by atoms with Crippen LogP contribution in [0.4, 0.5) is 11.4 Å². The van der Waals surface area contributed by atoms with E-state index in [0.29, 0.717) is 30.6 Å². The summed E-state index contributed by atoms with van der Waals surface area (Å²) < 4.78 is 5.76. The Balaban J connectivity index is 1.63. The van der Waals surface area contributed by atoms with Gasteiger partial charge in [-0.15, -0.1) is 0 Å². The highest BCUT2D eigenvalue weighted by Gasteiger charge is 2.31. The maximum atomic E-state index is 13.3. The molecule has 2 heterocycles. The highest BCUT2D eigenvalue weighted by molar-refractivity contribution is 5.98. The largest absolute Gasteiger partial charge is 0.495 e. The Morgan fingerprint density at radius 2 is 1.91 bits per heavy atom. The minimum Gasteiger partial charge on any atom is -0.495 e. The van der Waals surface area contributed by atoms with Crippen molar-refractivity contribution in [2.24, 2.45) is 0 Å². The van der Waals surface area contributed by atoms with E-state index in [0.717, 1.165) is 53.3 Å². The average Bonchev–Trinajstić information content (AvgIpc) is 3.20. The molecule has 2 aliphatic rings. The monoisotopic (exact) mass is 432 g/mol. The van der Waals surface area contributed by atoms with E-state index in [2.05, 4.69) is 48.9 Å². The molecule has 0 spiro atoms. The molecule has 168 valence electrons. The van der Waals surface area contributed by atoms with Crippen molar-refractivity contribution in [3.63, 3.8) is 0 Å². The summed E-state index contributed by atoms with van der Waals surface area (Å²) in [6.07, 6.45) is 1.12. The fourth-order valence-corrected chi connectivity index (χ4v) is 4.93. The van der Waals surface area contributed by atoms with Gasteiger partial charge < -0.3 is 14.5 Å². The number of ether oxygens (including phenoxy) is 1. The highest BCUT2D eigenvalue weighted by Crippen LogP contribution is 2.40. The molecule has 0 N–H and O–H groups in total. The van der Waals surface area contributed by atoms with Gasteiger partial charge in [0.15, 0.2) is 0 Å². The van der Waals surface area contributed by atoms with Crippen molar-refractivity contribution in [1.82, 2.24) is 4.90 Å². The second-order valence-corrected chi connectivity index (χ2v) is 9.09. The van der Waals surface area contributed by atoms with E-state index in [9.17, 15) is 10.1 Å². The molecule has 1 fully saturated rings. The molecule has 2 atom stereocenters. The first-order chi connectivity index (χ1) is 15.3. The van der Waals surface area contributed by atoms with E-state index in [4.69, 9.17) is 4.74 Å². The van der Waals surface area contributed by atoms with Gasteiger partial charge in [-0.25, -0.2) is 0 Å². The number of rotatable bonds is 4. The van der Waals surface area contributed by atoms with Crippen molar-refractivity contribution < 1.29 is 9.53 Å². The van der Waals surface area contributed by atoms with Crippen LogP contribution in [0.5, 0.6) is 5.75 Å². The second-order valence-electron chi connectivity index (χ2n) is 9.09. The molecule has 0 saturated carbocycles. The molecule has 0 bridgehead atoms. The lowest BCUT2D eigenvalue weighted by Crippen LogP contribution is -2.55. The van der Waals surface area contributed by atoms with Gasteiger partial charge in [-0.2, -0.15) is 5.26 Å². The van der Waals surface area contributed by atoms with E-state index in [1.807, 2.05) is 24.0 Å². The van der Waals surface area contributed by atoms with E-state index in [-0.39, 0.29) is 5.91 Å². The number of anilines is 2. The first-order valence-corrected chi connectivity index (χ1v) is 11.3. The SMILES string of the molecule is COc1cc2c(cc1N1C[C@@H](C)N(C)[C@@H](C)C1)N(C(=O)Cc1cccc(C#N)c1C)CC2. The molecule has 6 heteroatoms. The Hall–Kier alpha value is -3.04. The van der Waals surface area contributed by atoms with Crippen LogP contribution in [0.3, 0.4) is 0 Å². The van der Waals surface area contributed by atoms with Crippen molar-refractivity contribution in [3.05, 3.63) is 52.6 Å². The van der Waals surface area contributed by atoms with Crippen molar-refractivity contribution >= 4 is 17.3 Å². The lowest BCUT2D eigenvalue weighted by atomic mass is 10.0. The smallest absolute Gasteiger partial charge is 0.231 e. The number of benzene rings is 2. The Morgan fingerprint density at radius 1 is 1.19 bits per heavy atom. The molecule has 2 aliphatic heterocycles. The van der Waals surface area contributed by atoms with Crippen LogP contribution < -0.4 is 14.5 Å². The zero-order chi connectivity index (χ0) is 23.0. The fourth-order valence-electron chi connectivity index (χ4n) is 4.93. The summed E-state index contributed by atoms with van der Waals surface area (Å²) in [5.41, 5.74) is 5.62. The number of methoxy groups -OCH3 is 1. The van der Waals surface area contributed by atoms with Crippen molar-refractivity contribution in [1.29, 1.82) is 5.26 Å². The molecule has 4 rings (SSSR count). The van der Waals surface area contributed by atoms with Crippen molar-refractivity contribution in [2.45, 2.75) is 45.7 Å². The Kier molecular flexibility index (Phi) is 6.12. The number of hydrogen-bond acceptors (Lipinski definition) is 5. The molecule has 1 amide bonds. The third-order valence-electron chi connectivity index (χ3n) is 7.19. The number of fused-ring (bicyclic) bond motifs is 1. The standard InChI is InChI=1S/C26H32N4O2/c1-17-15-29(16-18(2)28(17)4)24-13-23-21(11-25(24)32-5)9-10-30(23)26(31)12-20-7-6-8-22(14-27)19(20)3/h6-8,11,13,17-18H,9-10,12,15-16H2,1-5H3/t17-,18+. The molecule has 2 aromatic rings. The fraction of sp³-hybridized carbons (Fsp3) is 0.462. The van der Waals surface area contributed by atoms with E-state index in [1.165, 1.54) is 0 Å². The Labute approximate surface area is 191 Å². The Morgan fingerprint density at radius 3 is 2.56 bits per heavy atom. The van der Waals surface area contributed by atoms with Gasteiger partial charge in [0, 0.05) is 37.4 Å². The number of carbonyl (C=O) groups excluding carboxylic acids is 1. The van der Waals surface area contributed by atoms with E-state index < -0.39 is 0 Å². The molecular weight excluding hydrogens is 400 g/mol. The quantitative estimate of drug-likeness (QED) is 0.740. The summed E-state index contributed by atoms with van der Waals surface area (Å²) in [5.74, 6) is 0.942. The van der Waals surface area contributed by atoms with E-state index >= 15 is 0 Å². The molecule has 0 aromatic heterocycles. The van der Waals surface area contributed by atoms with Gasteiger partial charge in [0.2, 0.25) is 5.91 Å². The second kappa shape index (κ2) is 8.84. The van der Waals surface area contributed by atoms with Gasteiger partial charge in [-0.1, -0.05) is 12.1 Å². The zero-order valence-corrected chi connectivity index (χ0v) is 19.7. The first kappa shape index (κ1) is 22.2. The number of nitriles is 1. The Bertz CT molecular complexity index is 1060. The van der Waals surface area contributed by atoms with Crippen molar-refractivity contribution in [2.75, 3.05) is 43.6 Å². The maximum absolute atomic E-state index is 13.3. The minimum atomic E-state index is 0.0678. The average molecular weight is 433 g/mol. The number of nitrogens with zero attached hydrogens (tertiary/aromatic N) is 4. The van der Waals surface area contributed by atoms with Crippen LogP contribution in [-0.2, 0) is 17.6 Å². The van der Waals surface area contributed by atoms with Crippen LogP contribution >= 0.6 is 0 Å². The van der Waals surface area contributed by atoms with Gasteiger partial charge >= 0.3 is 0 Å². The van der Waals surface area contributed by atoms with Gasteiger partial charge in [-0.05, 0) is 69.1 Å². The topological polar surface area (TPSA) is 59.8 Å². The zero-order valence-electron chi connectivity index (χ0n) is 19.7. The molecule has 32 heavy (non-hydrogen) atoms. The summed E-state index contributed by atoms with van der Waals surface area (Å²) in [7, 11) is 3.90. The van der Waals surface area contributed by atoms with Crippen LogP contribution in [0.1, 0.15) is 36.1 Å². The third kappa shape index (κ3) is 3.93. The molecule has 6 nitrogen and oxygen atoms in total. The lowest BCUT2D eigenvalue weighted by molar-refractivity contribution is -0.117. The summed E-state index contributed by atoms with van der Waals surface area (Å²) in [6, 6.07) is 12.9. The van der Waals surface area contributed by atoms with Gasteiger partial charge in [0.1, 0.15) is 5.75 Å². The van der Waals surface area contributed by atoms with Gasteiger partial charge in [-0.3, -0.25) is 9.69 Å². The van der Waals surface area contributed by atoms with E-state index in [1.54, 1.807) is 13.2 Å². The molecular formula is C26H32N4O2. The number of hydrogen-bond donors (Lipinski definition) is 0. The predicted molar refractivity (Wildman–Crippen MR) is 128 cm³/mol. The first-order valence-electron chi connectivity index (χ1n) is 11.3. The molecule has 0 aliphatic carbocycles. The van der Waals surface area contributed by atoms with Crippen LogP contribution in [0, 0.1) is 18.3 Å². The maximum Gasteiger partial charge on any atom is 0.231 e. The van der Waals surface area contributed by atoms with Gasteiger partial charge in [0.25, 0.3) is 0 Å². The molecule has 2 aromatic carbocycles. The lowest BCUT2D eigenvalue weighted by Gasteiger charge is -2.44. The normalized spacial score (nSPS) is 20.8. The summed E-state index contributed by atoms with van der Waals surface area (Å²) >= 11 is 0.